The standard InChI is InChI=1S/C17H15N5S/c1-21(2)13-7-5-12(6-8-13)14-10-15(16-4-3-9-23-16)22-17(20-14)18-11-19-22/h3-11H,1-2H3. The van der Waals surface area contributed by atoms with Gasteiger partial charge in [-0.3, -0.25) is 0 Å². The van der Waals surface area contributed by atoms with Gasteiger partial charge in [-0.1, -0.05) is 18.2 Å². The molecule has 3 heterocycles. The smallest absolute Gasteiger partial charge is 0.253 e. The van der Waals surface area contributed by atoms with E-state index in [4.69, 9.17) is 0 Å². The molecule has 0 aliphatic heterocycles. The Kier molecular flexibility index (Phi) is 3.31. The number of rotatable bonds is 3. The van der Waals surface area contributed by atoms with Crippen LogP contribution in [0.25, 0.3) is 27.6 Å². The molecule has 0 atom stereocenters. The molecule has 1 aromatic carbocycles. The van der Waals surface area contributed by atoms with Crippen LogP contribution in [0.3, 0.4) is 0 Å². The zero-order chi connectivity index (χ0) is 15.8. The number of nitrogens with zero attached hydrogens (tertiary/aromatic N) is 5. The number of hydrogen-bond acceptors (Lipinski definition) is 5. The Morgan fingerprint density at radius 2 is 1.91 bits per heavy atom. The fourth-order valence-corrected chi connectivity index (χ4v) is 3.22. The Morgan fingerprint density at radius 3 is 2.61 bits per heavy atom. The lowest BCUT2D eigenvalue weighted by atomic mass is 10.1. The van der Waals surface area contributed by atoms with E-state index in [9.17, 15) is 0 Å². The van der Waals surface area contributed by atoms with Crippen LogP contribution in [-0.4, -0.2) is 33.7 Å². The van der Waals surface area contributed by atoms with Crippen LogP contribution in [0.1, 0.15) is 0 Å². The largest absolute Gasteiger partial charge is 0.378 e. The number of anilines is 1. The lowest BCUT2D eigenvalue weighted by molar-refractivity contribution is 0.952. The molecule has 4 rings (SSSR count). The van der Waals surface area contributed by atoms with E-state index in [2.05, 4.69) is 61.7 Å². The van der Waals surface area contributed by atoms with Crippen molar-refractivity contribution < 1.29 is 0 Å². The summed E-state index contributed by atoms with van der Waals surface area (Å²) in [5, 5.41) is 6.35. The first-order valence-electron chi connectivity index (χ1n) is 7.25. The Morgan fingerprint density at radius 1 is 1.09 bits per heavy atom. The zero-order valence-corrected chi connectivity index (χ0v) is 13.7. The summed E-state index contributed by atoms with van der Waals surface area (Å²) < 4.78 is 1.78. The lowest BCUT2D eigenvalue weighted by Gasteiger charge is -2.13. The molecule has 6 heteroatoms. The highest BCUT2D eigenvalue weighted by Gasteiger charge is 2.11. The molecule has 0 N–H and O–H groups in total. The molecule has 0 unspecified atom stereocenters. The van der Waals surface area contributed by atoms with E-state index < -0.39 is 0 Å². The van der Waals surface area contributed by atoms with Crippen LogP contribution in [0, 0.1) is 0 Å². The maximum absolute atomic E-state index is 4.63. The Labute approximate surface area is 137 Å². The summed E-state index contributed by atoms with van der Waals surface area (Å²) in [7, 11) is 4.06. The van der Waals surface area contributed by atoms with Gasteiger partial charge in [0.05, 0.1) is 16.3 Å². The highest BCUT2D eigenvalue weighted by Crippen LogP contribution is 2.29. The van der Waals surface area contributed by atoms with Gasteiger partial charge in [0, 0.05) is 25.3 Å². The van der Waals surface area contributed by atoms with Crippen molar-refractivity contribution in [1.29, 1.82) is 0 Å². The first kappa shape index (κ1) is 13.9. The molecule has 0 aliphatic carbocycles. The third kappa shape index (κ3) is 2.47. The molecule has 5 nitrogen and oxygen atoms in total. The Bertz CT molecular complexity index is 939. The van der Waals surface area contributed by atoms with E-state index in [0.717, 1.165) is 27.5 Å². The topological polar surface area (TPSA) is 46.3 Å². The molecule has 3 aromatic heterocycles. The second-order valence-electron chi connectivity index (χ2n) is 5.42. The third-order valence-corrected chi connectivity index (χ3v) is 4.60. The van der Waals surface area contributed by atoms with Crippen LogP contribution in [0.5, 0.6) is 0 Å². The van der Waals surface area contributed by atoms with Gasteiger partial charge in [-0.25, -0.2) is 4.98 Å². The predicted octanol–water partition coefficient (Wildman–Crippen LogP) is 3.59. The molecule has 0 saturated carbocycles. The molecule has 0 fully saturated rings. The van der Waals surface area contributed by atoms with Crippen molar-refractivity contribution in [2.45, 2.75) is 0 Å². The van der Waals surface area contributed by atoms with Crippen molar-refractivity contribution in [1.82, 2.24) is 19.6 Å². The highest BCUT2D eigenvalue weighted by molar-refractivity contribution is 7.13. The number of aromatic nitrogens is 4. The van der Waals surface area contributed by atoms with Crippen molar-refractivity contribution in [3.63, 3.8) is 0 Å². The summed E-state index contributed by atoms with van der Waals surface area (Å²) in [6, 6.07) is 14.5. The normalized spacial score (nSPS) is 11.0. The predicted molar refractivity (Wildman–Crippen MR) is 93.9 cm³/mol. The van der Waals surface area contributed by atoms with E-state index in [1.807, 2.05) is 20.2 Å². The highest BCUT2D eigenvalue weighted by atomic mass is 32.1. The van der Waals surface area contributed by atoms with Gasteiger partial charge < -0.3 is 4.90 Å². The fraction of sp³-hybridized carbons (Fsp3) is 0.118. The minimum absolute atomic E-state index is 0.614. The van der Waals surface area contributed by atoms with Crippen LogP contribution < -0.4 is 4.90 Å². The third-order valence-electron chi connectivity index (χ3n) is 3.70. The summed E-state index contributed by atoms with van der Waals surface area (Å²) in [6.45, 7) is 0. The SMILES string of the molecule is CN(C)c1ccc(-c2cc(-c3cccs3)n3ncnc3n2)cc1. The number of hydrogen-bond donors (Lipinski definition) is 0. The van der Waals surface area contributed by atoms with Crippen LogP contribution >= 0.6 is 11.3 Å². The van der Waals surface area contributed by atoms with E-state index in [-0.39, 0.29) is 0 Å². The minimum atomic E-state index is 0.614. The summed E-state index contributed by atoms with van der Waals surface area (Å²) >= 11 is 1.68. The minimum Gasteiger partial charge on any atom is -0.378 e. The maximum Gasteiger partial charge on any atom is 0.253 e. The number of thiophene rings is 1. The first-order chi connectivity index (χ1) is 11.2. The van der Waals surface area contributed by atoms with E-state index in [1.54, 1.807) is 22.2 Å². The molecule has 0 amide bonds. The zero-order valence-electron chi connectivity index (χ0n) is 12.8. The summed E-state index contributed by atoms with van der Waals surface area (Å²) in [5.41, 5.74) is 4.14. The molecular formula is C17H15N5S. The molecular weight excluding hydrogens is 306 g/mol. The van der Waals surface area contributed by atoms with Crippen molar-refractivity contribution in [2.75, 3.05) is 19.0 Å². The van der Waals surface area contributed by atoms with E-state index in [1.165, 1.54) is 0 Å². The molecule has 0 spiro atoms. The van der Waals surface area contributed by atoms with Crippen LogP contribution in [0.15, 0.2) is 54.2 Å². The van der Waals surface area contributed by atoms with Gasteiger partial charge in [-0.15, -0.1) is 11.3 Å². The van der Waals surface area contributed by atoms with Gasteiger partial charge in [0.2, 0.25) is 0 Å². The van der Waals surface area contributed by atoms with Gasteiger partial charge in [-0.2, -0.15) is 14.6 Å². The van der Waals surface area contributed by atoms with Crippen LogP contribution in [-0.2, 0) is 0 Å². The average molecular weight is 321 g/mol. The van der Waals surface area contributed by atoms with Gasteiger partial charge in [0.1, 0.15) is 6.33 Å². The Balaban J connectivity index is 1.87. The summed E-state index contributed by atoms with van der Waals surface area (Å²) in [5.74, 6) is 0.614. The van der Waals surface area contributed by atoms with Gasteiger partial charge in [-0.05, 0) is 29.6 Å². The van der Waals surface area contributed by atoms with Gasteiger partial charge in [0.15, 0.2) is 0 Å². The second-order valence-corrected chi connectivity index (χ2v) is 6.36. The van der Waals surface area contributed by atoms with Crippen molar-refractivity contribution in [3.8, 4) is 21.8 Å². The summed E-state index contributed by atoms with van der Waals surface area (Å²) in [6.07, 6.45) is 1.54. The maximum atomic E-state index is 4.63. The quantitative estimate of drug-likeness (QED) is 0.578. The Hall–Kier alpha value is -2.73. The van der Waals surface area contributed by atoms with E-state index >= 15 is 0 Å². The molecule has 0 radical (unpaired) electrons. The number of fused-ring (bicyclic) bond motifs is 1. The molecule has 4 aromatic rings. The molecule has 0 saturated heterocycles. The average Bonchev–Trinajstić information content (AvgIpc) is 3.25. The molecule has 0 bridgehead atoms. The van der Waals surface area contributed by atoms with E-state index in [0.29, 0.717) is 5.78 Å². The molecule has 0 aliphatic rings. The van der Waals surface area contributed by atoms with Crippen molar-refractivity contribution >= 4 is 22.8 Å². The molecule has 23 heavy (non-hydrogen) atoms. The monoisotopic (exact) mass is 321 g/mol. The fourth-order valence-electron chi connectivity index (χ4n) is 2.49. The lowest BCUT2D eigenvalue weighted by Crippen LogP contribution is -2.08. The van der Waals surface area contributed by atoms with Crippen LogP contribution in [0.4, 0.5) is 5.69 Å². The van der Waals surface area contributed by atoms with Crippen molar-refractivity contribution in [3.05, 3.63) is 54.2 Å². The first-order valence-corrected chi connectivity index (χ1v) is 8.13. The summed E-state index contributed by atoms with van der Waals surface area (Å²) in [4.78, 5) is 12.1. The molecule has 114 valence electrons. The van der Waals surface area contributed by atoms with Crippen molar-refractivity contribution in [2.24, 2.45) is 0 Å². The van der Waals surface area contributed by atoms with Gasteiger partial charge in [0.25, 0.3) is 5.78 Å². The second kappa shape index (κ2) is 5.48. The number of benzene rings is 1. The van der Waals surface area contributed by atoms with Gasteiger partial charge >= 0.3 is 0 Å². The van der Waals surface area contributed by atoms with Crippen LogP contribution in [0.2, 0.25) is 0 Å².